The molecule has 0 aromatic carbocycles. The molecule has 0 aromatic heterocycles. The van der Waals surface area contributed by atoms with Gasteiger partial charge in [0.2, 0.25) is 0 Å². The van der Waals surface area contributed by atoms with Crippen molar-refractivity contribution in [3.8, 4) is 0 Å². The Hall–Kier alpha value is -0.0100. The number of aliphatic hydroxyl groups excluding tert-OH is 2. The fourth-order valence-electron chi connectivity index (χ4n) is 0.533. The van der Waals surface area contributed by atoms with E-state index in [4.69, 9.17) is 19.3 Å². The Morgan fingerprint density at radius 2 is 1.00 bits per heavy atom. The maximum Gasteiger partial charge on any atom is 0.264 e. The number of rotatable bonds is 8. The molecule has 9 nitrogen and oxygen atoms in total. The van der Waals surface area contributed by atoms with Gasteiger partial charge in [0.05, 0.1) is 11.5 Å². The van der Waals surface area contributed by atoms with Crippen LogP contribution in [0.3, 0.4) is 0 Å². The minimum atomic E-state index is -3.66. The van der Waals surface area contributed by atoms with E-state index in [1.807, 2.05) is 0 Å². The van der Waals surface area contributed by atoms with Crippen molar-refractivity contribution in [2.24, 2.45) is 0 Å². The van der Waals surface area contributed by atoms with Crippen LogP contribution in [0.5, 0.6) is 0 Å². The molecule has 0 heterocycles. The molecule has 0 radical (unpaired) electrons. The summed E-state index contributed by atoms with van der Waals surface area (Å²) in [6.45, 7) is 4.91. The SMILES string of the molecule is CCS(=O)(=O)O.CCS(=O)(=O)O.Cl.OCCCNCCCO. The summed E-state index contributed by atoms with van der Waals surface area (Å²) >= 11 is 0. The lowest BCUT2D eigenvalue weighted by Crippen LogP contribution is -2.18. The predicted molar refractivity (Wildman–Crippen MR) is 87.7 cm³/mol. The van der Waals surface area contributed by atoms with E-state index in [2.05, 4.69) is 5.32 Å². The standard InChI is InChI=1S/C6H15NO2.2C2H6O3S.ClH/c8-5-1-3-7-4-2-6-9;2*1-2-6(3,4)5;/h7-9H,1-6H2;2*2H2,1H3,(H,3,4,5);1H. The first-order valence-corrected chi connectivity index (χ1v) is 9.58. The monoisotopic (exact) mass is 389 g/mol. The van der Waals surface area contributed by atoms with Crippen molar-refractivity contribution in [3.05, 3.63) is 0 Å². The Kier molecular flexibility index (Phi) is 25.9. The third kappa shape index (κ3) is 50.1. The molecular weight excluding hydrogens is 362 g/mol. The lowest BCUT2D eigenvalue weighted by Gasteiger charge is -1.99. The largest absolute Gasteiger partial charge is 0.396 e. The summed E-state index contributed by atoms with van der Waals surface area (Å²) in [7, 11) is -7.32. The van der Waals surface area contributed by atoms with Gasteiger partial charge in [-0.15, -0.1) is 12.4 Å². The summed E-state index contributed by atoms with van der Waals surface area (Å²) in [6.07, 6.45) is 1.59. The zero-order valence-electron chi connectivity index (χ0n) is 12.8. The van der Waals surface area contributed by atoms with Gasteiger partial charge in [0.15, 0.2) is 0 Å². The second-order valence-corrected chi connectivity index (χ2v) is 7.13. The zero-order chi connectivity index (χ0) is 17.4. The van der Waals surface area contributed by atoms with Gasteiger partial charge in [0.1, 0.15) is 0 Å². The first-order valence-electron chi connectivity index (χ1n) is 6.36. The quantitative estimate of drug-likeness (QED) is 0.273. The van der Waals surface area contributed by atoms with Crippen LogP contribution < -0.4 is 5.32 Å². The van der Waals surface area contributed by atoms with E-state index in [9.17, 15) is 16.8 Å². The average molecular weight is 390 g/mol. The van der Waals surface area contributed by atoms with Gasteiger partial charge in [-0.25, -0.2) is 0 Å². The number of hydrogen-bond donors (Lipinski definition) is 5. The highest BCUT2D eigenvalue weighted by Crippen LogP contribution is 1.75. The van der Waals surface area contributed by atoms with Crippen molar-refractivity contribution >= 4 is 32.6 Å². The van der Waals surface area contributed by atoms with Crippen molar-refractivity contribution < 1.29 is 36.2 Å². The number of aliphatic hydroxyl groups is 2. The van der Waals surface area contributed by atoms with Gasteiger partial charge in [-0.3, -0.25) is 9.11 Å². The summed E-state index contributed by atoms with van der Waals surface area (Å²) in [5, 5.41) is 19.7. The Morgan fingerprint density at radius 1 is 0.773 bits per heavy atom. The van der Waals surface area contributed by atoms with Crippen LogP contribution in [0.4, 0.5) is 0 Å². The highest BCUT2D eigenvalue weighted by Gasteiger charge is 1.94. The highest BCUT2D eigenvalue weighted by molar-refractivity contribution is 7.85. The van der Waals surface area contributed by atoms with Crippen LogP contribution in [-0.2, 0) is 20.2 Å². The molecule has 0 saturated carbocycles. The molecule has 0 aromatic rings. The molecule has 0 aliphatic carbocycles. The summed E-state index contributed by atoms with van der Waals surface area (Å²) in [5.41, 5.74) is 0. The van der Waals surface area contributed by atoms with Gasteiger partial charge in [0.25, 0.3) is 20.2 Å². The lowest BCUT2D eigenvalue weighted by molar-refractivity contribution is 0.276. The molecule has 22 heavy (non-hydrogen) atoms. The summed E-state index contributed by atoms with van der Waals surface area (Å²) in [4.78, 5) is 0. The molecule has 0 saturated heterocycles. The summed E-state index contributed by atoms with van der Waals surface area (Å²) in [5.74, 6) is -0.403. The van der Waals surface area contributed by atoms with Crippen molar-refractivity contribution in [3.63, 3.8) is 0 Å². The van der Waals surface area contributed by atoms with Gasteiger partial charge in [-0.05, 0) is 39.8 Å². The maximum absolute atomic E-state index is 9.56. The number of hydrogen-bond acceptors (Lipinski definition) is 7. The highest BCUT2D eigenvalue weighted by atomic mass is 35.5. The third-order valence-electron chi connectivity index (χ3n) is 1.75. The Balaban J connectivity index is -0.000000112. The van der Waals surface area contributed by atoms with E-state index in [-0.39, 0.29) is 37.1 Å². The third-order valence-corrected chi connectivity index (χ3v) is 3.21. The molecule has 0 fully saturated rings. The topological polar surface area (TPSA) is 161 Å². The van der Waals surface area contributed by atoms with Crippen molar-refractivity contribution in [1.29, 1.82) is 0 Å². The van der Waals surface area contributed by atoms with Crippen LogP contribution in [0, 0.1) is 0 Å². The van der Waals surface area contributed by atoms with E-state index in [1.165, 1.54) is 13.8 Å². The first-order chi connectivity index (χ1) is 9.54. The summed E-state index contributed by atoms with van der Waals surface area (Å²) < 4.78 is 53.8. The van der Waals surface area contributed by atoms with E-state index >= 15 is 0 Å². The molecule has 0 amide bonds. The molecule has 12 heteroatoms. The van der Waals surface area contributed by atoms with Crippen molar-refractivity contribution in [2.45, 2.75) is 26.7 Å². The minimum Gasteiger partial charge on any atom is -0.396 e. The molecule has 0 spiro atoms. The van der Waals surface area contributed by atoms with Crippen LogP contribution in [0.25, 0.3) is 0 Å². The van der Waals surface area contributed by atoms with Crippen LogP contribution in [0.1, 0.15) is 26.7 Å². The lowest BCUT2D eigenvalue weighted by atomic mass is 10.4. The van der Waals surface area contributed by atoms with Crippen molar-refractivity contribution in [1.82, 2.24) is 5.32 Å². The fraction of sp³-hybridized carbons (Fsp3) is 1.00. The van der Waals surface area contributed by atoms with Crippen LogP contribution in [0.15, 0.2) is 0 Å². The van der Waals surface area contributed by atoms with Crippen LogP contribution in [0.2, 0.25) is 0 Å². The van der Waals surface area contributed by atoms with Crippen LogP contribution in [-0.4, -0.2) is 74.0 Å². The predicted octanol–water partition coefficient (Wildman–Crippen LogP) is -0.449. The molecule has 5 N–H and O–H groups in total. The van der Waals surface area contributed by atoms with E-state index in [1.54, 1.807) is 0 Å². The molecule has 0 unspecified atom stereocenters. The molecular formula is C10H28ClNO8S2. The molecule has 0 aliphatic rings. The Labute approximate surface area is 139 Å². The molecule has 0 bridgehead atoms. The maximum atomic E-state index is 9.56. The summed E-state index contributed by atoms with van der Waals surface area (Å²) in [6, 6.07) is 0. The van der Waals surface area contributed by atoms with E-state index in [0.717, 1.165) is 25.9 Å². The van der Waals surface area contributed by atoms with Gasteiger partial charge < -0.3 is 15.5 Å². The van der Waals surface area contributed by atoms with Crippen molar-refractivity contribution in [2.75, 3.05) is 37.8 Å². The Bertz CT molecular complexity index is 361. The molecule has 0 atom stereocenters. The first kappa shape index (κ1) is 29.9. The second kappa shape index (κ2) is 19.0. The minimum absolute atomic E-state index is 0. The smallest absolute Gasteiger partial charge is 0.264 e. The Morgan fingerprint density at radius 3 is 1.14 bits per heavy atom. The molecule has 0 rings (SSSR count). The number of halogens is 1. The van der Waals surface area contributed by atoms with Crippen LogP contribution >= 0.6 is 12.4 Å². The van der Waals surface area contributed by atoms with Gasteiger partial charge >= 0.3 is 0 Å². The van der Waals surface area contributed by atoms with Gasteiger partial charge in [-0.2, -0.15) is 16.8 Å². The normalized spacial score (nSPS) is 10.5. The zero-order valence-corrected chi connectivity index (χ0v) is 15.3. The molecule has 140 valence electrons. The van der Waals surface area contributed by atoms with E-state index < -0.39 is 20.2 Å². The number of nitrogens with one attached hydrogen (secondary N) is 1. The molecule has 0 aliphatic heterocycles. The van der Waals surface area contributed by atoms with Gasteiger partial charge in [-0.1, -0.05) is 0 Å². The fourth-order valence-corrected chi connectivity index (χ4v) is 0.533. The van der Waals surface area contributed by atoms with Gasteiger partial charge in [0, 0.05) is 13.2 Å². The van der Waals surface area contributed by atoms with E-state index in [0.29, 0.717) is 0 Å². The second-order valence-electron chi connectivity index (χ2n) is 3.65. The average Bonchev–Trinajstić information content (AvgIpc) is 2.38.